The SMILES string of the molecule is CC(=O)N(C)c1cc2onc(CCc3sc(-c4ccc(C(F)(F)F)cc4)nc3C(C)C)c2cc1C. The van der Waals surface area contributed by atoms with Gasteiger partial charge in [-0.25, -0.2) is 4.98 Å². The Bertz CT molecular complexity index is 1370. The van der Waals surface area contributed by atoms with Crippen molar-refractivity contribution < 1.29 is 22.5 Å². The lowest BCUT2D eigenvalue weighted by molar-refractivity contribution is -0.137. The van der Waals surface area contributed by atoms with Crippen LogP contribution in [0.4, 0.5) is 18.9 Å². The Hall–Kier alpha value is -3.20. The molecule has 0 aliphatic carbocycles. The lowest BCUT2D eigenvalue weighted by Gasteiger charge is -2.17. The van der Waals surface area contributed by atoms with Crippen molar-refractivity contribution in [2.24, 2.45) is 0 Å². The smallest absolute Gasteiger partial charge is 0.356 e. The number of anilines is 1. The maximum atomic E-state index is 12.9. The van der Waals surface area contributed by atoms with E-state index in [4.69, 9.17) is 9.51 Å². The van der Waals surface area contributed by atoms with Crippen LogP contribution in [-0.4, -0.2) is 23.1 Å². The fourth-order valence-corrected chi connectivity index (χ4v) is 5.22. The predicted octanol–water partition coefficient (Wildman–Crippen LogP) is 7.17. The van der Waals surface area contributed by atoms with E-state index < -0.39 is 11.7 Å². The number of aromatic nitrogens is 2. The number of aryl methyl sites for hydroxylation is 3. The third kappa shape index (κ3) is 5.10. The van der Waals surface area contributed by atoms with E-state index in [2.05, 4.69) is 19.0 Å². The van der Waals surface area contributed by atoms with Crippen LogP contribution in [0.3, 0.4) is 0 Å². The summed E-state index contributed by atoms with van der Waals surface area (Å²) < 4.78 is 44.3. The fourth-order valence-electron chi connectivity index (χ4n) is 3.99. The second kappa shape index (κ2) is 9.45. The quantitative estimate of drug-likeness (QED) is 0.281. The second-order valence-electron chi connectivity index (χ2n) is 8.90. The first kappa shape index (κ1) is 24.9. The van der Waals surface area contributed by atoms with Crippen LogP contribution in [0.5, 0.6) is 0 Å². The van der Waals surface area contributed by atoms with Crippen molar-refractivity contribution in [2.75, 3.05) is 11.9 Å². The van der Waals surface area contributed by atoms with Crippen molar-refractivity contribution in [1.29, 1.82) is 0 Å². The summed E-state index contributed by atoms with van der Waals surface area (Å²) in [6.45, 7) is 7.56. The van der Waals surface area contributed by atoms with Crippen LogP contribution in [0.25, 0.3) is 21.5 Å². The maximum Gasteiger partial charge on any atom is 0.416 e. The number of benzene rings is 2. The Morgan fingerprint density at radius 2 is 1.83 bits per heavy atom. The number of halogens is 3. The number of hydrogen-bond donors (Lipinski definition) is 0. The third-order valence-electron chi connectivity index (χ3n) is 6.02. The third-order valence-corrected chi connectivity index (χ3v) is 7.20. The second-order valence-corrected chi connectivity index (χ2v) is 9.98. The van der Waals surface area contributed by atoms with Gasteiger partial charge in [-0.15, -0.1) is 11.3 Å². The summed E-state index contributed by atoms with van der Waals surface area (Å²) in [4.78, 5) is 19.2. The number of nitrogens with zero attached hydrogens (tertiary/aromatic N) is 3. The van der Waals surface area contributed by atoms with Crippen LogP contribution in [0.1, 0.15) is 54.1 Å². The molecule has 184 valence electrons. The Balaban J connectivity index is 1.59. The molecule has 4 rings (SSSR count). The topological polar surface area (TPSA) is 59.2 Å². The van der Waals surface area contributed by atoms with Crippen molar-refractivity contribution in [2.45, 2.75) is 52.6 Å². The molecule has 0 unspecified atom stereocenters. The summed E-state index contributed by atoms with van der Waals surface area (Å²) in [5, 5.41) is 5.88. The predicted molar refractivity (Wildman–Crippen MR) is 132 cm³/mol. The number of hydrogen-bond acceptors (Lipinski definition) is 5. The van der Waals surface area contributed by atoms with E-state index >= 15 is 0 Å². The summed E-state index contributed by atoms with van der Waals surface area (Å²) in [7, 11) is 1.72. The van der Waals surface area contributed by atoms with Gasteiger partial charge in [-0.1, -0.05) is 31.1 Å². The fraction of sp³-hybridized carbons (Fsp3) is 0.346. The highest BCUT2D eigenvalue weighted by molar-refractivity contribution is 7.15. The molecule has 1 amide bonds. The van der Waals surface area contributed by atoms with Crippen LogP contribution < -0.4 is 4.90 Å². The molecule has 2 aromatic carbocycles. The van der Waals surface area contributed by atoms with E-state index in [1.807, 2.05) is 19.1 Å². The molecule has 4 aromatic rings. The van der Waals surface area contributed by atoms with Crippen LogP contribution >= 0.6 is 11.3 Å². The summed E-state index contributed by atoms with van der Waals surface area (Å²) in [6.07, 6.45) is -3.05. The first-order valence-electron chi connectivity index (χ1n) is 11.3. The van der Waals surface area contributed by atoms with Gasteiger partial charge in [0.15, 0.2) is 5.58 Å². The molecular formula is C26H26F3N3O2S. The minimum atomic E-state index is -4.36. The van der Waals surface area contributed by atoms with E-state index in [0.717, 1.165) is 45.0 Å². The molecule has 2 aromatic heterocycles. The zero-order chi connectivity index (χ0) is 25.5. The van der Waals surface area contributed by atoms with Gasteiger partial charge < -0.3 is 9.42 Å². The van der Waals surface area contributed by atoms with E-state index in [9.17, 15) is 18.0 Å². The highest BCUT2D eigenvalue weighted by atomic mass is 32.1. The molecule has 0 spiro atoms. The van der Waals surface area contributed by atoms with Gasteiger partial charge in [-0.3, -0.25) is 4.79 Å². The summed E-state index contributed by atoms with van der Waals surface area (Å²) in [5.74, 6) is 0.105. The van der Waals surface area contributed by atoms with Crippen LogP contribution in [0, 0.1) is 6.92 Å². The Labute approximate surface area is 205 Å². The highest BCUT2D eigenvalue weighted by Gasteiger charge is 2.30. The van der Waals surface area contributed by atoms with Crippen molar-refractivity contribution in [1.82, 2.24) is 10.1 Å². The number of carbonyl (C=O) groups excluding carboxylic acids is 1. The van der Waals surface area contributed by atoms with Gasteiger partial charge in [0.2, 0.25) is 5.91 Å². The summed E-state index contributed by atoms with van der Waals surface area (Å²) in [6, 6.07) is 8.94. The average Bonchev–Trinajstić information content (AvgIpc) is 3.40. The van der Waals surface area contributed by atoms with Gasteiger partial charge in [-0.05, 0) is 49.4 Å². The molecule has 35 heavy (non-hydrogen) atoms. The minimum Gasteiger partial charge on any atom is -0.356 e. The number of rotatable bonds is 6. The van der Waals surface area contributed by atoms with E-state index in [0.29, 0.717) is 29.0 Å². The molecular weight excluding hydrogens is 475 g/mol. The van der Waals surface area contributed by atoms with Crippen LogP contribution in [0.15, 0.2) is 40.9 Å². The number of carbonyl (C=O) groups is 1. The maximum absolute atomic E-state index is 12.9. The Morgan fingerprint density at radius 1 is 1.14 bits per heavy atom. The van der Waals surface area contributed by atoms with Crippen molar-refractivity contribution in [3.05, 3.63) is 63.8 Å². The zero-order valence-corrected chi connectivity index (χ0v) is 21.0. The normalized spacial score (nSPS) is 12.0. The molecule has 2 heterocycles. The van der Waals surface area contributed by atoms with Gasteiger partial charge in [-0.2, -0.15) is 13.2 Å². The lowest BCUT2D eigenvalue weighted by Crippen LogP contribution is -2.23. The van der Waals surface area contributed by atoms with Crippen molar-refractivity contribution in [3.63, 3.8) is 0 Å². The minimum absolute atomic E-state index is 0.0672. The molecule has 0 atom stereocenters. The molecule has 9 heteroatoms. The summed E-state index contributed by atoms with van der Waals surface area (Å²) >= 11 is 1.50. The summed E-state index contributed by atoms with van der Waals surface area (Å²) in [5.41, 5.74) is 4.10. The molecule has 0 N–H and O–H groups in total. The average molecular weight is 502 g/mol. The monoisotopic (exact) mass is 501 g/mol. The van der Waals surface area contributed by atoms with E-state index in [-0.39, 0.29) is 11.8 Å². The first-order chi connectivity index (χ1) is 16.5. The van der Waals surface area contributed by atoms with Crippen LogP contribution in [0.2, 0.25) is 0 Å². The van der Waals surface area contributed by atoms with Gasteiger partial charge >= 0.3 is 6.18 Å². The zero-order valence-electron chi connectivity index (χ0n) is 20.2. The van der Waals surface area contributed by atoms with Crippen LogP contribution in [-0.2, 0) is 23.8 Å². The van der Waals surface area contributed by atoms with Gasteiger partial charge in [0.05, 0.1) is 22.6 Å². The standard InChI is InChI=1S/C26H26F3N3O2S/c1-14(2)24-23(35-25(30-24)17-6-8-18(9-7-17)26(27,28)29)11-10-20-19-12-15(3)21(32(5)16(4)33)13-22(19)34-31-20/h6-9,12-14H,10-11H2,1-5H3. The highest BCUT2D eigenvalue weighted by Crippen LogP contribution is 2.36. The van der Waals surface area contributed by atoms with Gasteiger partial charge in [0.1, 0.15) is 5.01 Å². The van der Waals surface area contributed by atoms with Crippen molar-refractivity contribution >= 4 is 33.9 Å². The molecule has 0 bridgehead atoms. The molecule has 5 nitrogen and oxygen atoms in total. The number of fused-ring (bicyclic) bond motifs is 1. The Morgan fingerprint density at radius 3 is 2.43 bits per heavy atom. The van der Waals surface area contributed by atoms with Gasteiger partial charge in [0, 0.05) is 35.9 Å². The van der Waals surface area contributed by atoms with Crippen molar-refractivity contribution in [3.8, 4) is 10.6 Å². The molecule has 0 saturated heterocycles. The molecule has 0 radical (unpaired) electrons. The molecule has 0 saturated carbocycles. The Kier molecular flexibility index (Phi) is 6.73. The molecule has 0 fully saturated rings. The molecule has 0 aliphatic rings. The number of thiazole rings is 1. The lowest BCUT2D eigenvalue weighted by atomic mass is 10.0. The van der Waals surface area contributed by atoms with E-state index in [1.165, 1.54) is 30.4 Å². The largest absolute Gasteiger partial charge is 0.416 e. The number of alkyl halides is 3. The number of amides is 1. The van der Waals surface area contributed by atoms with Gasteiger partial charge in [0.25, 0.3) is 0 Å². The first-order valence-corrected chi connectivity index (χ1v) is 12.1. The van der Waals surface area contributed by atoms with E-state index in [1.54, 1.807) is 11.9 Å². The molecule has 0 aliphatic heterocycles.